The molecule has 1 amide bonds. The number of carbonyl (C=O) groups is 1. The number of fused-ring (bicyclic) bond motifs is 1. The number of benzene rings is 2. The van der Waals surface area contributed by atoms with Crippen molar-refractivity contribution < 1.29 is 9.18 Å². The molecule has 6 nitrogen and oxygen atoms in total. The summed E-state index contributed by atoms with van der Waals surface area (Å²) in [5, 5.41) is 7.61. The van der Waals surface area contributed by atoms with Crippen LogP contribution >= 0.6 is 0 Å². The topological polar surface area (TPSA) is 62.5 Å². The summed E-state index contributed by atoms with van der Waals surface area (Å²) < 4.78 is 15.0. The van der Waals surface area contributed by atoms with E-state index in [2.05, 4.69) is 15.4 Å². The number of hydrogen-bond donors (Lipinski definition) is 1. The third kappa shape index (κ3) is 4.21. The lowest BCUT2D eigenvalue weighted by Gasteiger charge is -2.11. The molecule has 30 heavy (non-hydrogen) atoms. The standard InChI is InChI=1S/C23H22FN5O/c1-28(2)13-12-25-23(30)18-5-3-4-17(14-18)21-15-26-22-11-10-20(27-29(21)22)16-6-8-19(24)9-7-16/h3-11,14-15H,12-13H2,1-2H3,(H,25,30). The van der Waals surface area contributed by atoms with Crippen molar-refractivity contribution in [2.24, 2.45) is 0 Å². The summed E-state index contributed by atoms with van der Waals surface area (Å²) >= 11 is 0. The van der Waals surface area contributed by atoms with Crippen LogP contribution in [0.2, 0.25) is 0 Å². The first-order chi connectivity index (χ1) is 14.5. The van der Waals surface area contributed by atoms with Gasteiger partial charge in [0, 0.05) is 29.8 Å². The number of likely N-dealkylation sites (N-methyl/N-ethyl adjacent to an activating group) is 1. The van der Waals surface area contributed by atoms with Crippen LogP contribution < -0.4 is 5.32 Å². The molecule has 152 valence electrons. The largest absolute Gasteiger partial charge is 0.351 e. The molecule has 0 spiro atoms. The van der Waals surface area contributed by atoms with Crippen molar-refractivity contribution in [3.63, 3.8) is 0 Å². The minimum Gasteiger partial charge on any atom is -0.351 e. The van der Waals surface area contributed by atoms with Gasteiger partial charge in [-0.2, -0.15) is 5.10 Å². The highest BCUT2D eigenvalue weighted by Crippen LogP contribution is 2.24. The Kier molecular flexibility index (Phi) is 5.54. The van der Waals surface area contributed by atoms with Crippen molar-refractivity contribution in [1.29, 1.82) is 0 Å². The first-order valence-corrected chi connectivity index (χ1v) is 9.65. The van der Waals surface area contributed by atoms with E-state index in [4.69, 9.17) is 0 Å². The zero-order valence-corrected chi connectivity index (χ0v) is 16.8. The van der Waals surface area contributed by atoms with Crippen LogP contribution in [0.4, 0.5) is 4.39 Å². The Labute approximate surface area is 174 Å². The molecule has 0 saturated carbocycles. The number of amides is 1. The fourth-order valence-electron chi connectivity index (χ4n) is 3.16. The Hall–Kier alpha value is -3.58. The van der Waals surface area contributed by atoms with E-state index >= 15 is 0 Å². The first kappa shape index (κ1) is 19.7. The van der Waals surface area contributed by atoms with Crippen LogP contribution in [0.5, 0.6) is 0 Å². The molecule has 0 unspecified atom stereocenters. The van der Waals surface area contributed by atoms with Gasteiger partial charge < -0.3 is 10.2 Å². The van der Waals surface area contributed by atoms with E-state index in [1.165, 1.54) is 12.1 Å². The molecule has 0 radical (unpaired) electrons. The predicted octanol–water partition coefficient (Wildman–Crippen LogP) is 3.49. The minimum atomic E-state index is -0.288. The fraction of sp³-hybridized carbons (Fsp3) is 0.174. The molecule has 4 rings (SSSR count). The van der Waals surface area contributed by atoms with Crippen molar-refractivity contribution in [3.05, 3.63) is 78.2 Å². The fourth-order valence-corrected chi connectivity index (χ4v) is 3.16. The highest BCUT2D eigenvalue weighted by molar-refractivity contribution is 5.95. The quantitative estimate of drug-likeness (QED) is 0.535. The summed E-state index contributed by atoms with van der Waals surface area (Å²) in [6.45, 7) is 1.35. The number of rotatable bonds is 6. The Morgan fingerprint density at radius 2 is 1.87 bits per heavy atom. The molecule has 0 fully saturated rings. The summed E-state index contributed by atoms with van der Waals surface area (Å²) in [7, 11) is 3.93. The number of aromatic nitrogens is 3. The lowest BCUT2D eigenvalue weighted by atomic mass is 10.1. The zero-order chi connectivity index (χ0) is 21.1. The minimum absolute atomic E-state index is 0.118. The molecule has 2 heterocycles. The molecular formula is C23H22FN5O. The molecule has 2 aromatic heterocycles. The number of imidazole rings is 1. The van der Waals surface area contributed by atoms with Crippen LogP contribution in [0.25, 0.3) is 28.2 Å². The van der Waals surface area contributed by atoms with Crippen molar-refractivity contribution in [1.82, 2.24) is 24.8 Å². The molecule has 0 atom stereocenters. The Morgan fingerprint density at radius 3 is 2.63 bits per heavy atom. The van der Waals surface area contributed by atoms with Crippen molar-refractivity contribution in [2.75, 3.05) is 27.2 Å². The Morgan fingerprint density at radius 1 is 1.07 bits per heavy atom. The monoisotopic (exact) mass is 403 g/mol. The summed E-state index contributed by atoms with van der Waals surface area (Å²) in [5.41, 5.74) is 4.40. The first-order valence-electron chi connectivity index (χ1n) is 9.65. The summed E-state index contributed by atoms with van der Waals surface area (Å²) in [5.74, 6) is -0.406. The maximum absolute atomic E-state index is 13.2. The van der Waals surface area contributed by atoms with Gasteiger partial charge in [0.05, 0.1) is 17.6 Å². The van der Waals surface area contributed by atoms with E-state index in [9.17, 15) is 9.18 Å². The molecule has 4 aromatic rings. The maximum Gasteiger partial charge on any atom is 0.251 e. The highest BCUT2D eigenvalue weighted by Gasteiger charge is 2.12. The molecule has 0 saturated heterocycles. The third-order valence-electron chi connectivity index (χ3n) is 4.77. The molecule has 1 N–H and O–H groups in total. The average molecular weight is 403 g/mol. The van der Waals surface area contributed by atoms with Gasteiger partial charge in [-0.3, -0.25) is 4.79 Å². The van der Waals surface area contributed by atoms with Gasteiger partial charge in [-0.05, 0) is 62.6 Å². The van der Waals surface area contributed by atoms with E-state index in [-0.39, 0.29) is 11.7 Å². The van der Waals surface area contributed by atoms with Gasteiger partial charge in [-0.15, -0.1) is 0 Å². The average Bonchev–Trinajstić information content (AvgIpc) is 3.17. The molecule has 0 bridgehead atoms. The number of nitrogens with one attached hydrogen (secondary N) is 1. The van der Waals surface area contributed by atoms with Crippen LogP contribution in [0, 0.1) is 5.82 Å². The summed E-state index contributed by atoms with van der Waals surface area (Å²) in [6, 6.07) is 17.3. The van der Waals surface area contributed by atoms with Gasteiger partial charge in [0.1, 0.15) is 5.82 Å². The maximum atomic E-state index is 13.2. The van der Waals surface area contributed by atoms with Gasteiger partial charge in [0.2, 0.25) is 0 Å². The number of halogens is 1. The lowest BCUT2D eigenvalue weighted by Crippen LogP contribution is -2.31. The normalized spacial score (nSPS) is 11.2. The van der Waals surface area contributed by atoms with Crippen molar-refractivity contribution >= 4 is 11.6 Å². The second-order valence-corrected chi connectivity index (χ2v) is 7.28. The predicted molar refractivity (Wildman–Crippen MR) is 115 cm³/mol. The number of hydrogen-bond acceptors (Lipinski definition) is 4. The van der Waals surface area contributed by atoms with E-state index in [0.717, 1.165) is 23.4 Å². The summed E-state index contributed by atoms with van der Waals surface area (Å²) in [4.78, 5) is 18.9. The van der Waals surface area contributed by atoms with Gasteiger partial charge in [0.25, 0.3) is 5.91 Å². The van der Waals surface area contributed by atoms with Gasteiger partial charge >= 0.3 is 0 Å². The molecule has 7 heteroatoms. The van der Waals surface area contributed by atoms with Gasteiger partial charge in [-0.1, -0.05) is 12.1 Å². The van der Waals surface area contributed by atoms with E-state index in [0.29, 0.717) is 23.4 Å². The molecule has 0 aliphatic carbocycles. The third-order valence-corrected chi connectivity index (χ3v) is 4.77. The zero-order valence-electron chi connectivity index (χ0n) is 16.8. The van der Waals surface area contributed by atoms with E-state index < -0.39 is 0 Å². The van der Waals surface area contributed by atoms with Crippen LogP contribution in [-0.2, 0) is 0 Å². The Bertz CT molecular complexity index is 1180. The van der Waals surface area contributed by atoms with Crippen LogP contribution in [0.3, 0.4) is 0 Å². The van der Waals surface area contributed by atoms with E-state index in [1.807, 2.05) is 49.3 Å². The molecule has 0 aliphatic heterocycles. The molecular weight excluding hydrogens is 381 g/mol. The number of nitrogens with zero attached hydrogens (tertiary/aromatic N) is 4. The number of carbonyl (C=O) groups excluding carboxylic acids is 1. The van der Waals surface area contributed by atoms with Crippen molar-refractivity contribution in [2.45, 2.75) is 0 Å². The van der Waals surface area contributed by atoms with Crippen LogP contribution in [0.15, 0.2) is 66.9 Å². The molecule has 0 aliphatic rings. The van der Waals surface area contributed by atoms with Crippen molar-refractivity contribution in [3.8, 4) is 22.5 Å². The van der Waals surface area contributed by atoms with Crippen LogP contribution in [0.1, 0.15) is 10.4 Å². The second-order valence-electron chi connectivity index (χ2n) is 7.28. The molecule has 2 aromatic carbocycles. The summed E-state index contributed by atoms with van der Waals surface area (Å²) in [6.07, 6.45) is 1.74. The van der Waals surface area contributed by atoms with Gasteiger partial charge in [-0.25, -0.2) is 13.9 Å². The van der Waals surface area contributed by atoms with Gasteiger partial charge in [0.15, 0.2) is 5.65 Å². The smallest absolute Gasteiger partial charge is 0.251 e. The van der Waals surface area contributed by atoms with Crippen LogP contribution in [-0.4, -0.2) is 52.6 Å². The lowest BCUT2D eigenvalue weighted by molar-refractivity contribution is 0.0951. The Balaban J connectivity index is 1.65. The SMILES string of the molecule is CN(C)CCNC(=O)c1cccc(-c2cnc3ccc(-c4ccc(F)cc4)nn23)c1. The van der Waals surface area contributed by atoms with E-state index in [1.54, 1.807) is 28.9 Å². The second kappa shape index (κ2) is 8.42. The highest BCUT2D eigenvalue weighted by atomic mass is 19.1.